The lowest BCUT2D eigenvalue weighted by Gasteiger charge is -2.31. The maximum atomic E-state index is 13.0. The molecule has 28 heavy (non-hydrogen) atoms. The summed E-state index contributed by atoms with van der Waals surface area (Å²) in [5.41, 5.74) is 2.67. The molecule has 0 spiro atoms. The molecule has 4 heterocycles. The van der Waals surface area contributed by atoms with Crippen LogP contribution in [0.15, 0.2) is 36.7 Å². The molecule has 1 aliphatic rings. The number of pyridine rings is 1. The number of fused-ring (bicyclic) bond motifs is 1. The topological polar surface area (TPSA) is 92.5 Å². The zero-order chi connectivity index (χ0) is 19.7. The van der Waals surface area contributed by atoms with Gasteiger partial charge in [-0.1, -0.05) is 6.07 Å². The van der Waals surface area contributed by atoms with Crippen molar-refractivity contribution in [2.24, 2.45) is 5.92 Å². The summed E-state index contributed by atoms with van der Waals surface area (Å²) in [6.45, 7) is 4.75. The average Bonchev–Trinajstić information content (AvgIpc) is 3.10. The summed E-state index contributed by atoms with van der Waals surface area (Å²) in [6, 6.07) is 7.34. The van der Waals surface area contributed by atoms with E-state index in [0.29, 0.717) is 30.1 Å². The second-order valence-electron chi connectivity index (χ2n) is 7.14. The number of anilines is 1. The first-order valence-corrected chi connectivity index (χ1v) is 9.36. The Labute approximate surface area is 162 Å². The fourth-order valence-corrected chi connectivity index (χ4v) is 3.50. The maximum absolute atomic E-state index is 13.0. The van der Waals surface area contributed by atoms with Crippen LogP contribution in [0.3, 0.4) is 0 Å². The molecule has 1 unspecified atom stereocenters. The Hall–Kier alpha value is -3.29. The molecule has 1 fully saturated rings. The number of amides is 2. The molecule has 8 heteroatoms. The van der Waals surface area contributed by atoms with Gasteiger partial charge in [0.15, 0.2) is 5.65 Å². The second kappa shape index (κ2) is 7.38. The highest BCUT2D eigenvalue weighted by Gasteiger charge is 2.30. The molecule has 0 radical (unpaired) electrons. The smallest absolute Gasteiger partial charge is 0.259 e. The Morgan fingerprint density at radius 3 is 2.79 bits per heavy atom. The van der Waals surface area contributed by atoms with Crippen LogP contribution in [0.4, 0.5) is 5.82 Å². The van der Waals surface area contributed by atoms with E-state index in [1.807, 2.05) is 32.0 Å². The number of carbonyl (C=O) groups is 2. The highest BCUT2D eigenvalue weighted by atomic mass is 16.2. The minimum absolute atomic E-state index is 0.107. The van der Waals surface area contributed by atoms with Crippen LogP contribution in [0.5, 0.6) is 0 Å². The van der Waals surface area contributed by atoms with Gasteiger partial charge >= 0.3 is 0 Å². The minimum Gasteiger partial charge on any atom is -0.338 e. The van der Waals surface area contributed by atoms with Crippen molar-refractivity contribution in [3.05, 3.63) is 53.6 Å². The fourth-order valence-electron chi connectivity index (χ4n) is 3.50. The number of carbonyl (C=O) groups excluding carboxylic acids is 2. The molecule has 1 N–H and O–H groups in total. The van der Waals surface area contributed by atoms with E-state index in [9.17, 15) is 9.59 Å². The third-order valence-electron chi connectivity index (χ3n) is 4.96. The highest BCUT2D eigenvalue weighted by Crippen LogP contribution is 2.21. The predicted octanol–water partition coefficient (Wildman–Crippen LogP) is 2.23. The molecule has 8 nitrogen and oxygen atoms in total. The van der Waals surface area contributed by atoms with Gasteiger partial charge in [0.05, 0.1) is 12.1 Å². The Balaban J connectivity index is 1.49. The lowest BCUT2D eigenvalue weighted by molar-refractivity contribution is -0.121. The van der Waals surface area contributed by atoms with Gasteiger partial charge in [0.1, 0.15) is 11.4 Å². The lowest BCUT2D eigenvalue weighted by Crippen LogP contribution is -2.43. The Kier molecular flexibility index (Phi) is 4.77. The monoisotopic (exact) mass is 378 g/mol. The third kappa shape index (κ3) is 3.58. The predicted molar refractivity (Wildman–Crippen MR) is 104 cm³/mol. The van der Waals surface area contributed by atoms with Crippen molar-refractivity contribution in [3.8, 4) is 0 Å². The molecule has 4 rings (SSSR count). The molecular formula is C20H22N6O2. The van der Waals surface area contributed by atoms with Crippen LogP contribution >= 0.6 is 0 Å². The molecule has 0 aliphatic carbocycles. The van der Waals surface area contributed by atoms with Crippen molar-refractivity contribution >= 4 is 23.3 Å². The molecule has 1 saturated heterocycles. The lowest BCUT2D eigenvalue weighted by atomic mass is 9.96. The average molecular weight is 378 g/mol. The summed E-state index contributed by atoms with van der Waals surface area (Å²) < 4.78 is 1.60. The van der Waals surface area contributed by atoms with E-state index in [4.69, 9.17) is 0 Å². The van der Waals surface area contributed by atoms with E-state index >= 15 is 0 Å². The Morgan fingerprint density at radius 2 is 1.96 bits per heavy atom. The summed E-state index contributed by atoms with van der Waals surface area (Å²) in [4.78, 5) is 36.2. The molecule has 0 bridgehead atoms. The molecule has 3 aromatic rings. The number of nitrogens with one attached hydrogen (secondary N) is 1. The van der Waals surface area contributed by atoms with Gasteiger partial charge in [0, 0.05) is 30.7 Å². The van der Waals surface area contributed by atoms with Crippen molar-refractivity contribution in [2.45, 2.75) is 26.7 Å². The van der Waals surface area contributed by atoms with Gasteiger partial charge < -0.3 is 10.2 Å². The van der Waals surface area contributed by atoms with Crippen LogP contribution in [0.25, 0.3) is 5.65 Å². The number of aromatic nitrogens is 4. The summed E-state index contributed by atoms with van der Waals surface area (Å²) in [7, 11) is 0. The second-order valence-corrected chi connectivity index (χ2v) is 7.14. The van der Waals surface area contributed by atoms with Gasteiger partial charge in [-0.3, -0.25) is 9.59 Å². The standard InChI is InChI=1S/C20H22N6O2/c1-13-5-3-7-17(22-13)24-19(27)15-6-4-9-25(12-15)20(28)16-11-21-26-10-8-14(2)23-18(16)26/h3,5,7-8,10-11,15H,4,6,9,12H2,1-2H3,(H,22,24,27). The number of nitrogens with zero attached hydrogens (tertiary/aromatic N) is 5. The zero-order valence-corrected chi connectivity index (χ0v) is 15.9. The summed E-state index contributed by atoms with van der Waals surface area (Å²) >= 11 is 0. The molecule has 0 saturated carbocycles. The summed E-state index contributed by atoms with van der Waals surface area (Å²) in [6.07, 6.45) is 4.85. The SMILES string of the molecule is Cc1cccc(NC(=O)C2CCCN(C(=O)c3cnn4ccc(C)nc34)C2)n1. The first-order chi connectivity index (χ1) is 13.5. The van der Waals surface area contributed by atoms with Crippen molar-refractivity contribution in [3.63, 3.8) is 0 Å². The van der Waals surface area contributed by atoms with Crippen LogP contribution in [0.2, 0.25) is 0 Å². The molecule has 2 amide bonds. The van der Waals surface area contributed by atoms with Gasteiger partial charge in [-0.15, -0.1) is 0 Å². The first kappa shape index (κ1) is 18.1. The molecule has 3 aromatic heterocycles. The zero-order valence-electron chi connectivity index (χ0n) is 15.9. The van der Waals surface area contributed by atoms with Crippen molar-refractivity contribution in [1.29, 1.82) is 0 Å². The number of piperidine rings is 1. The van der Waals surface area contributed by atoms with Gasteiger partial charge in [0.25, 0.3) is 5.91 Å². The minimum atomic E-state index is -0.267. The van der Waals surface area contributed by atoms with Crippen LogP contribution in [0, 0.1) is 19.8 Å². The molecular weight excluding hydrogens is 356 g/mol. The van der Waals surface area contributed by atoms with Crippen LogP contribution in [-0.4, -0.2) is 49.4 Å². The summed E-state index contributed by atoms with van der Waals surface area (Å²) in [5.74, 6) is 0.0241. The number of hydrogen-bond acceptors (Lipinski definition) is 5. The normalized spacial score (nSPS) is 16.9. The van der Waals surface area contributed by atoms with E-state index in [0.717, 1.165) is 24.2 Å². The largest absolute Gasteiger partial charge is 0.338 e. The number of aryl methyl sites for hydroxylation is 2. The quantitative estimate of drug-likeness (QED) is 0.754. The van der Waals surface area contributed by atoms with Crippen LogP contribution < -0.4 is 5.32 Å². The van der Waals surface area contributed by atoms with E-state index in [-0.39, 0.29) is 17.7 Å². The van der Waals surface area contributed by atoms with Crippen molar-refractivity contribution in [2.75, 3.05) is 18.4 Å². The van der Waals surface area contributed by atoms with E-state index < -0.39 is 0 Å². The summed E-state index contributed by atoms with van der Waals surface area (Å²) in [5, 5.41) is 7.08. The number of likely N-dealkylation sites (tertiary alicyclic amines) is 1. The van der Waals surface area contributed by atoms with Gasteiger partial charge in [0.2, 0.25) is 5.91 Å². The van der Waals surface area contributed by atoms with Gasteiger partial charge in [-0.25, -0.2) is 14.5 Å². The third-order valence-corrected chi connectivity index (χ3v) is 4.96. The molecule has 1 atom stereocenters. The number of hydrogen-bond donors (Lipinski definition) is 1. The Morgan fingerprint density at radius 1 is 1.14 bits per heavy atom. The number of rotatable bonds is 3. The molecule has 144 valence electrons. The van der Waals surface area contributed by atoms with Gasteiger partial charge in [-0.05, 0) is 44.9 Å². The van der Waals surface area contributed by atoms with E-state index in [1.165, 1.54) is 0 Å². The highest BCUT2D eigenvalue weighted by molar-refractivity contribution is 6.00. The molecule has 1 aliphatic heterocycles. The maximum Gasteiger partial charge on any atom is 0.259 e. The van der Waals surface area contributed by atoms with Gasteiger partial charge in [-0.2, -0.15) is 5.10 Å². The Bertz CT molecular complexity index is 1040. The van der Waals surface area contributed by atoms with E-state index in [1.54, 1.807) is 27.9 Å². The van der Waals surface area contributed by atoms with E-state index in [2.05, 4.69) is 20.4 Å². The van der Waals surface area contributed by atoms with Crippen LogP contribution in [0.1, 0.15) is 34.6 Å². The fraction of sp³-hybridized carbons (Fsp3) is 0.350. The van der Waals surface area contributed by atoms with Crippen molar-refractivity contribution in [1.82, 2.24) is 24.5 Å². The first-order valence-electron chi connectivity index (χ1n) is 9.36. The van der Waals surface area contributed by atoms with Crippen LogP contribution in [-0.2, 0) is 4.79 Å². The molecule has 0 aromatic carbocycles. The van der Waals surface area contributed by atoms with Crippen molar-refractivity contribution < 1.29 is 9.59 Å².